The molecule has 2 rings (SSSR count). The molecular weight excluding hydrogens is 254 g/mol. The molecule has 2 aromatic rings. The van der Waals surface area contributed by atoms with Crippen LogP contribution < -0.4 is 11.1 Å². The molecular formula is C13H10F2N2S. The third-order valence-corrected chi connectivity index (χ3v) is 2.61. The average Bonchev–Trinajstić information content (AvgIpc) is 2.32. The molecule has 3 N–H and O–H groups in total. The number of hydrogen-bond donors (Lipinski definition) is 2. The standard InChI is InChI=1S/C13H10F2N2S/c14-10-3-1-2-4-12(10)17-8-5-6-9(13(16)18)11(15)7-8/h1-7,17H,(H2,16,18). The lowest BCUT2D eigenvalue weighted by Crippen LogP contribution is -2.11. The zero-order valence-corrected chi connectivity index (χ0v) is 10.1. The van der Waals surface area contributed by atoms with Crippen LogP contribution in [0.4, 0.5) is 20.2 Å². The van der Waals surface area contributed by atoms with Gasteiger partial charge in [-0.15, -0.1) is 0 Å². The maximum absolute atomic E-state index is 13.6. The van der Waals surface area contributed by atoms with E-state index in [1.807, 2.05) is 0 Å². The minimum absolute atomic E-state index is 0.00931. The Kier molecular flexibility index (Phi) is 3.53. The molecule has 0 radical (unpaired) electrons. The number of para-hydroxylation sites is 1. The van der Waals surface area contributed by atoms with Gasteiger partial charge in [0.1, 0.15) is 16.6 Å². The van der Waals surface area contributed by atoms with E-state index in [0.717, 1.165) is 0 Å². The Balaban J connectivity index is 2.29. The molecule has 0 amide bonds. The highest BCUT2D eigenvalue weighted by atomic mass is 32.1. The van der Waals surface area contributed by atoms with Gasteiger partial charge in [0.15, 0.2) is 0 Å². The molecule has 0 atom stereocenters. The molecule has 0 aliphatic heterocycles. The van der Waals surface area contributed by atoms with Gasteiger partial charge in [-0.25, -0.2) is 8.78 Å². The third kappa shape index (κ3) is 2.62. The highest BCUT2D eigenvalue weighted by Gasteiger charge is 2.07. The second-order valence-electron chi connectivity index (χ2n) is 3.66. The Morgan fingerprint density at radius 1 is 1.06 bits per heavy atom. The number of nitrogens with one attached hydrogen (secondary N) is 1. The molecule has 2 nitrogen and oxygen atoms in total. The molecule has 0 aliphatic carbocycles. The summed E-state index contributed by atoms with van der Waals surface area (Å²) < 4.78 is 27.0. The molecule has 0 heterocycles. The highest BCUT2D eigenvalue weighted by Crippen LogP contribution is 2.21. The maximum Gasteiger partial charge on any atom is 0.146 e. The largest absolute Gasteiger partial charge is 0.389 e. The maximum atomic E-state index is 13.6. The lowest BCUT2D eigenvalue weighted by molar-refractivity contribution is 0.625. The van der Waals surface area contributed by atoms with Crippen molar-refractivity contribution in [1.29, 1.82) is 0 Å². The van der Waals surface area contributed by atoms with E-state index in [9.17, 15) is 8.78 Å². The van der Waals surface area contributed by atoms with Crippen molar-refractivity contribution in [3.05, 3.63) is 59.7 Å². The number of benzene rings is 2. The highest BCUT2D eigenvalue weighted by molar-refractivity contribution is 7.80. The smallest absolute Gasteiger partial charge is 0.146 e. The predicted molar refractivity (Wildman–Crippen MR) is 72.0 cm³/mol. The van der Waals surface area contributed by atoms with Crippen LogP contribution in [0.1, 0.15) is 5.56 Å². The van der Waals surface area contributed by atoms with Crippen LogP contribution in [0, 0.1) is 11.6 Å². The van der Waals surface area contributed by atoms with Crippen molar-refractivity contribution in [2.24, 2.45) is 5.73 Å². The molecule has 0 bridgehead atoms. The van der Waals surface area contributed by atoms with E-state index >= 15 is 0 Å². The molecule has 0 spiro atoms. The van der Waals surface area contributed by atoms with E-state index < -0.39 is 11.6 Å². The normalized spacial score (nSPS) is 10.1. The summed E-state index contributed by atoms with van der Waals surface area (Å²) in [4.78, 5) is -0.00931. The van der Waals surface area contributed by atoms with Gasteiger partial charge in [-0.05, 0) is 30.3 Å². The number of anilines is 2. The van der Waals surface area contributed by atoms with Gasteiger partial charge in [-0.2, -0.15) is 0 Å². The number of rotatable bonds is 3. The van der Waals surface area contributed by atoms with Crippen LogP contribution in [-0.4, -0.2) is 4.99 Å². The topological polar surface area (TPSA) is 38.0 Å². The fourth-order valence-electron chi connectivity index (χ4n) is 1.51. The minimum Gasteiger partial charge on any atom is -0.389 e. The Morgan fingerprint density at radius 3 is 2.39 bits per heavy atom. The summed E-state index contributed by atoms with van der Waals surface area (Å²) in [7, 11) is 0. The van der Waals surface area contributed by atoms with Gasteiger partial charge in [0.2, 0.25) is 0 Å². The number of nitrogens with two attached hydrogens (primary N) is 1. The van der Waals surface area contributed by atoms with Crippen LogP contribution in [0.3, 0.4) is 0 Å². The molecule has 0 saturated carbocycles. The zero-order valence-electron chi connectivity index (χ0n) is 9.28. The molecule has 0 unspecified atom stereocenters. The summed E-state index contributed by atoms with van der Waals surface area (Å²) in [5.41, 5.74) is 6.23. The fourth-order valence-corrected chi connectivity index (χ4v) is 1.68. The second-order valence-corrected chi connectivity index (χ2v) is 4.10. The van der Waals surface area contributed by atoms with Gasteiger partial charge in [-0.3, -0.25) is 0 Å². The van der Waals surface area contributed by atoms with E-state index in [4.69, 9.17) is 18.0 Å². The van der Waals surface area contributed by atoms with Gasteiger partial charge in [0, 0.05) is 11.3 Å². The molecule has 2 aromatic carbocycles. The van der Waals surface area contributed by atoms with E-state index in [1.165, 1.54) is 18.2 Å². The fraction of sp³-hybridized carbons (Fsp3) is 0. The molecule has 0 aromatic heterocycles. The SMILES string of the molecule is NC(=S)c1ccc(Nc2ccccc2F)cc1F. The van der Waals surface area contributed by atoms with Crippen molar-refractivity contribution in [2.45, 2.75) is 0 Å². The summed E-state index contributed by atoms with van der Waals surface area (Å²) in [6.07, 6.45) is 0. The van der Waals surface area contributed by atoms with Crippen molar-refractivity contribution in [2.75, 3.05) is 5.32 Å². The van der Waals surface area contributed by atoms with Crippen molar-refractivity contribution >= 4 is 28.6 Å². The monoisotopic (exact) mass is 264 g/mol. The molecule has 18 heavy (non-hydrogen) atoms. The molecule has 0 saturated heterocycles. The first-order valence-electron chi connectivity index (χ1n) is 5.19. The number of hydrogen-bond acceptors (Lipinski definition) is 2. The molecule has 0 aliphatic rings. The molecule has 5 heteroatoms. The number of halogens is 2. The van der Waals surface area contributed by atoms with Crippen LogP contribution in [0.15, 0.2) is 42.5 Å². The Morgan fingerprint density at radius 2 is 1.78 bits per heavy atom. The van der Waals surface area contributed by atoms with Crippen LogP contribution in [-0.2, 0) is 0 Å². The van der Waals surface area contributed by atoms with E-state index in [2.05, 4.69) is 5.32 Å². The minimum atomic E-state index is -0.538. The first-order valence-corrected chi connectivity index (χ1v) is 5.59. The van der Waals surface area contributed by atoms with Crippen LogP contribution in [0.5, 0.6) is 0 Å². The summed E-state index contributed by atoms with van der Waals surface area (Å²) in [6, 6.07) is 10.4. The molecule has 0 fully saturated rings. The first-order chi connectivity index (χ1) is 8.58. The quantitative estimate of drug-likeness (QED) is 0.835. The number of thiocarbonyl (C=S) groups is 1. The lowest BCUT2D eigenvalue weighted by Gasteiger charge is -2.09. The zero-order chi connectivity index (χ0) is 13.1. The first kappa shape index (κ1) is 12.4. The van der Waals surface area contributed by atoms with Crippen LogP contribution >= 0.6 is 12.2 Å². The summed E-state index contributed by atoms with van der Waals surface area (Å²) >= 11 is 4.70. The Bertz CT molecular complexity index is 599. The van der Waals surface area contributed by atoms with E-state index in [-0.39, 0.29) is 16.2 Å². The summed E-state index contributed by atoms with van der Waals surface area (Å²) in [6.45, 7) is 0. The summed E-state index contributed by atoms with van der Waals surface area (Å²) in [5.74, 6) is -0.944. The lowest BCUT2D eigenvalue weighted by atomic mass is 10.2. The predicted octanol–water partition coefficient (Wildman–Crippen LogP) is 3.34. The Hall–Kier alpha value is -2.01. The van der Waals surface area contributed by atoms with Gasteiger partial charge in [-0.1, -0.05) is 24.4 Å². The van der Waals surface area contributed by atoms with Crippen molar-refractivity contribution in [1.82, 2.24) is 0 Å². The second kappa shape index (κ2) is 5.10. The molecule has 92 valence electrons. The van der Waals surface area contributed by atoms with Gasteiger partial charge < -0.3 is 11.1 Å². The van der Waals surface area contributed by atoms with E-state index in [0.29, 0.717) is 5.69 Å². The van der Waals surface area contributed by atoms with Crippen molar-refractivity contribution in [3.8, 4) is 0 Å². The van der Waals surface area contributed by atoms with Gasteiger partial charge >= 0.3 is 0 Å². The average molecular weight is 264 g/mol. The van der Waals surface area contributed by atoms with Crippen molar-refractivity contribution in [3.63, 3.8) is 0 Å². The Labute approximate surface area is 108 Å². The van der Waals surface area contributed by atoms with E-state index in [1.54, 1.807) is 24.3 Å². The summed E-state index contributed by atoms with van der Waals surface area (Å²) in [5, 5.41) is 2.78. The van der Waals surface area contributed by atoms with Crippen molar-refractivity contribution < 1.29 is 8.78 Å². The van der Waals surface area contributed by atoms with Crippen LogP contribution in [0.25, 0.3) is 0 Å². The van der Waals surface area contributed by atoms with Crippen LogP contribution in [0.2, 0.25) is 0 Å². The third-order valence-electron chi connectivity index (χ3n) is 2.39. The van der Waals surface area contributed by atoms with Gasteiger partial charge in [0.25, 0.3) is 0 Å². The van der Waals surface area contributed by atoms with Gasteiger partial charge in [0.05, 0.1) is 5.69 Å².